The molecule has 3 amide bonds. The van der Waals surface area contributed by atoms with E-state index in [0.717, 1.165) is 17.7 Å². The summed E-state index contributed by atoms with van der Waals surface area (Å²) in [5, 5.41) is 14.8. The number of anilines is 2. The van der Waals surface area contributed by atoms with Crippen molar-refractivity contribution in [2.24, 2.45) is 0 Å². The first-order chi connectivity index (χ1) is 15.7. The summed E-state index contributed by atoms with van der Waals surface area (Å²) in [5.41, 5.74) is 0.195. The highest BCUT2D eigenvalue weighted by molar-refractivity contribution is 7.18. The Hall–Kier alpha value is -3.18. The zero-order valence-electron chi connectivity index (χ0n) is 16.9. The molecule has 1 atom stereocenters. The number of nitrogens with zero attached hydrogens (tertiary/aromatic N) is 3. The molecule has 1 aromatic heterocycles. The number of carbonyl (C=O) groups is 2. The molecule has 4 rings (SSSR count). The molecular formula is C21H17ClF3N5O2S. The summed E-state index contributed by atoms with van der Waals surface area (Å²) in [7, 11) is 0. The van der Waals surface area contributed by atoms with Crippen LogP contribution in [0.1, 0.15) is 18.4 Å². The summed E-state index contributed by atoms with van der Waals surface area (Å²) >= 11 is 7.08. The minimum Gasteiger partial charge on any atom is -0.312 e. The fourth-order valence-corrected chi connectivity index (χ4v) is 4.27. The lowest BCUT2D eigenvalue weighted by Crippen LogP contribution is -2.45. The lowest BCUT2D eigenvalue weighted by Gasteiger charge is -2.23. The van der Waals surface area contributed by atoms with E-state index in [-0.39, 0.29) is 5.69 Å². The van der Waals surface area contributed by atoms with Gasteiger partial charge in [-0.15, -0.1) is 10.2 Å². The number of likely N-dealkylation sites (tertiary alicyclic amines) is 1. The van der Waals surface area contributed by atoms with Crippen LogP contribution in [0, 0.1) is 0 Å². The Labute approximate surface area is 195 Å². The maximum Gasteiger partial charge on any atom is 0.416 e. The highest BCUT2D eigenvalue weighted by Gasteiger charge is 2.35. The molecule has 7 nitrogen and oxygen atoms in total. The molecule has 0 aliphatic carbocycles. The van der Waals surface area contributed by atoms with Crippen LogP contribution < -0.4 is 10.6 Å². The Bertz CT molecular complexity index is 1150. The molecule has 1 aliphatic heterocycles. The van der Waals surface area contributed by atoms with Gasteiger partial charge in [-0.05, 0) is 49.2 Å². The second-order valence-corrected chi connectivity index (χ2v) is 8.68. The van der Waals surface area contributed by atoms with Crippen molar-refractivity contribution in [3.05, 3.63) is 59.1 Å². The van der Waals surface area contributed by atoms with Crippen LogP contribution in [0.5, 0.6) is 0 Å². The number of carbonyl (C=O) groups excluding carboxylic acids is 2. The van der Waals surface area contributed by atoms with Gasteiger partial charge < -0.3 is 10.2 Å². The largest absolute Gasteiger partial charge is 0.416 e. The summed E-state index contributed by atoms with van der Waals surface area (Å²) < 4.78 is 38.1. The second kappa shape index (κ2) is 9.36. The molecule has 1 aliphatic rings. The van der Waals surface area contributed by atoms with E-state index in [1.807, 2.05) is 0 Å². The van der Waals surface area contributed by atoms with Crippen molar-refractivity contribution >= 4 is 45.7 Å². The molecule has 3 aromatic rings. The van der Waals surface area contributed by atoms with Crippen molar-refractivity contribution < 1.29 is 22.8 Å². The monoisotopic (exact) mass is 495 g/mol. The molecule has 2 heterocycles. The topological polar surface area (TPSA) is 87.2 Å². The third-order valence-corrected chi connectivity index (χ3v) is 6.17. The molecule has 1 fully saturated rings. The molecule has 0 spiro atoms. The van der Waals surface area contributed by atoms with Crippen LogP contribution in [0.2, 0.25) is 5.02 Å². The number of halogens is 4. The van der Waals surface area contributed by atoms with E-state index in [2.05, 4.69) is 20.8 Å². The van der Waals surface area contributed by atoms with Gasteiger partial charge in [0.15, 0.2) is 0 Å². The van der Waals surface area contributed by atoms with E-state index in [4.69, 9.17) is 11.6 Å². The van der Waals surface area contributed by atoms with E-state index >= 15 is 0 Å². The third-order valence-electron chi connectivity index (χ3n) is 5.03. The first kappa shape index (κ1) is 23.0. The van der Waals surface area contributed by atoms with E-state index in [1.165, 1.54) is 28.4 Å². The molecule has 0 bridgehead atoms. The zero-order valence-corrected chi connectivity index (χ0v) is 18.5. The van der Waals surface area contributed by atoms with Crippen LogP contribution in [0.25, 0.3) is 10.6 Å². The number of hydrogen-bond acceptors (Lipinski definition) is 5. The number of amides is 3. The highest BCUT2D eigenvalue weighted by atomic mass is 35.5. The zero-order chi connectivity index (χ0) is 23.6. The predicted molar refractivity (Wildman–Crippen MR) is 119 cm³/mol. The number of hydrogen-bond donors (Lipinski definition) is 2. The number of nitrogens with one attached hydrogen (secondary N) is 2. The summed E-state index contributed by atoms with van der Waals surface area (Å²) in [6.07, 6.45) is -3.39. The Kier molecular flexibility index (Phi) is 6.52. The fraction of sp³-hybridized carbons (Fsp3) is 0.238. The summed E-state index contributed by atoms with van der Waals surface area (Å²) in [6.45, 7) is 0.344. The molecule has 0 radical (unpaired) electrons. The minimum absolute atomic E-state index is 0.204. The summed E-state index contributed by atoms with van der Waals surface area (Å²) in [4.78, 5) is 26.8. The van der Waals surface area contributed by atoms with Crippen molar-refractivity contribution in [3.63, 3.8) is 0 Å². The van der Waals surface area contributed by atoms with Crippen molar-refractivity contribution in [3.8, 4) is 10.6 Å². The van der Waals surface area contributed by atoms with Crippen LogP contribution in [0.15, 0.2) is 48.5 Å². The van der Waals surface area contributed by atoms with Crippen LogP contribution in [-0.4, -0.2) is 39.6 Å². The van der Waals surface area contributed by atoms with Gasteiger partial charge in [0.05, 0.1) is 5.56 Å². The first-order valence-corrected chi connectivity index (χ1v) is 11.1. The number of rotatable bonds is 4. The average Bonchev–Trinajstić information content (AvgIpc) is 3.44. The molecule has 172 valence electrons. The van der Waals surface area contributed by atoms with Crippen molar-refractivity contribution in [2.75, 3.05) is 17.2 Å². The van der Waals surface area contributed by atoms with Gasteiger partial charge in [-0.25, -0.2) is 4.79 Å². The standard InChI is InChI=1S/C21H17ClF3N5O2S/c22-14-7-3-12(4-8-14)18-28-29-19(33-18)27-17(31)16-2-1-11-30(16)20(32)26-15-9-5-13(6-10-15)21(23,24)25/h3-10,16H,1-2,11H2,(H,26,32)(H,27,29,31). The number of aromatic nitrogens is 2. The van der Waals surface area contributed by atoms with Crippen molar-refractivity contribution in [1.29, 1.82) is 0 Å². The van der Waals surface area contributed by atoms with E-state index in [9.17, 15) is 22.8 Å². The molecule has 0 saturated carbocycles. The quantitative estimate of drug-likeness (QED) is 0.499. The normalized spacial score (nSPS) is 16.0. The van der Waals surface area contributed by atoms with Gasteiger partial charge in [-0.1, -0.05) is 35.1 Å². The Balaban J connectivity index is 1.39. The maximum absolute atomic E-state index is 12.8. The van der Waals surface area contributed by atoms with Gasteiger partial charge in [0.1, 0.15) is 11.0 Å². The highest BCUT2D eigenvalue weighted by Crippen LogP contribution is 2.31. The first-order valence-electron chi connectivity index (χ1n) is 9.86. The van der Waals surface area contributed by atoms with Crippen LogP contribution in [0.3, 0.4) is 0 Å². The molecule has 33 heavy (non-hydrogen) atoms. The van der Waals surface area contributed by atoms with Crippen LogP contribution >= 0.6 is 22.9 Å². The van der Waals surface area contributed by atoms with Gasteiger partial charge in [-0.2, -0.15) is 13.2 Å². The van der Waals surface area contributed by atoms with Gasteiger partial charge in [-0.3, -0.25) is 10.1 Å². The van der Waals surface area contributed by atoms with Crippen molar-refractivity contribution in [1.82, 2.24) is 15.1 Å². The Morgan fingerprint density at radius 2 is 1.73 bits per heavy atom. The van der Waals surface area contributed by atoms with Crippen LogP contribution in [0.4, 0.5) is 28.8 Å². The predicted octanol–water partition coefficient (Wildman–Crippen LogP) is 5.51. The Morgan fingerprint density at radius 3 is 2.39 bits per heavy atom. The van der Waals surface area contributed by atoms with Gasteiger partial charge >= 0.3 is 12.2 Å². The molecule has 1 saturated heterocycles. The Morgan fingerprint density at radius 1 is 1.03 bits per heavy atom. The molecule has 12 heteroatoms. The number of benzene rings is 2. The van der Waals surface area contributed by atoms with Gasteiger partial charge in [0.25, 0.3) is 0 Å². The fourth-order valence-electron chi connectivity index (χ4n) is 3.39. The van der Waals surface area contributed by atoms with E-state index in [0.29, 0.717) is 34.5 Å². The maximum atomic E-state index is 12.8. The van der Waals surface area contributed by atoms with Gasteiger partial charge in [0.2, 0.25) is 11.0 Å². The number of alkyl halides is 3. The lowest BCUT2D eigenvalue weighted by molar-refractivity contribution is -0.137. The number of urea groups is 1. The molecule has 1 unspecified atom stereocenters. The second-order valence-electron chi connectivity index (χ2n) is 7.27. The van der Waals surface area contributed by atoms with E-state index in [1.54, 1.807) is 24.3 Å². The smallest absolute Gasteiger partial charge is 0.312 e. The van der Waals surface area contributed by atoms with Gasteiger partial charge in [0, 0.05) is 22.8 Å². The summed E-state index contributed by atoms with van der Waals surface area (Å²) in [5.74, 6) is -0.408. The van der Waals surface area contributed by atoms with Crippen molar-refractivity contribution in [2.45, 2.75) is 25.1 Å². The van der Waals surface area contributed by atoms with Crippen LogP contribution in [-0.2, 0) is 11.0 Å². The minimum atomic E-state index is -4.46. The van der Waals surface area contributed by atoms with E-state index < -0.39 is 29.7 Å². The summed E-state index contributed by atoms with van der Waals surface area (Å²) in [6, 6.07) is 9.85. The molecule has 2 N–H and O–H groups in total. The average molecular weight is 496 g/mol. The third kappa shape index (κ3) is 5.42. The molecule has 2 aromatic carbocycles. The SMILES string of the molecule is O=C(Nc1nnc(-c2ccc(Cl)cc2)s1)C1CCCN1C(=O)Nc1ccc(C(F)(F)F)cc1. The molecular weight excluding hydrogens is 479 g/mol. The lowest BCUT2D eigenvalue weighted by atomic mass is 10.2.